The molecule has 0 saturated carbocycles. The van der Waals surface area contributed by atoms with Gasteiger partial charge in [0.1, 0.15) is 11.5 Å². The van der Waals surface area contributed by atoms with Gasteiger partial charge in [0.15, 0.2) is 11.5 Å². The molecule has 3 rings (SSSR count). The molecule has 0 N–H and O–H groups in total. The van der Waals surface area contributed by atoms with Gasteiger partial charge in [-0.05, 0) is 42.8 Å². The number of nitrogens with zero attached hydrogens (tertiary/aromatic N) is 2. The summed E-state index contributed by atoms with van der Waals surface area (Å²) < 4.78 is 48.9. The van der Waals surface area contributed by atoms with E-state index in [4.69, 9.17) is 18.9 Å². The molecule has 1 aliphatic heterocycles. The second kappa shape index (κ2) is 10.7. The van der Waals surface area contributed by atoms with Crippen molar-refractivity contribution in [2.45, 2.75) is 11.3 Å². The number of piperazine rings is 1. The summed E-state index contributed by atoms with van der Waals surface area (Å²) in [5, 5.41) is 0. The number of sulfonamides is 1. The highest BCUT2D eigenvalue weighted by Gasteiger charge is 2.29. The van der Waals surface area contributed by atoms with E-state index < -0.39 is 10.0 Å². The topological polar surface area (TPSA) is 77.5 Å². The number of hydrogen-bond donors (Lipinski definition) is 0. The third-order valence-electron chi connectivity index (χ3n) is 5.27. The van der Waals surface area contributed by atoms with Crippen LogP contribution in [0.2, 0.25) is 0 Å². The first-order valence-electron chi connectivity index (χ1n) is 10.2. The minimum atomic E-state index is -3.57. The smallest absolute Gasteiger partial charge is 0.243 e. The summed E-state index contributed by atoms with van der Waals surface area (Å²) in [6.07, 6.45) is 0.870. The molecule has 31 heavy (non-hydrogen) atoms. The highest BCUT2D eigenvalue weighted by Crippen LogP contribution is 2.30. The van der Waals surface area contributed by atoms with Gasteiger partial charge in [0.25, 0.3) is 0 Å². The van der Waals surface area contributed by atoms with E-state index in [0.29, 0.717) is 44.3 Å². The van der Waals surface area contributed by atoms with Crippen molar-refractivity contribution in [3.05, 3.63) is 42.5 Å². The van der Waals surface area contributed by atoms with Crippen molar-refractivity contribution in [3.63, 3.8) is 0 Å². The van der Waals surface area contributed by atoms with Gasteiger partial charge in [0.05, 0.1) is 32.8 Å². The molecular weight excluding hydrogens is 420 g/mol. The molecule has 0 aliphatic carbocycles. The molecule has 0 spiro atoms. The van der Waals surface area contributed by atoms with Gasteiger partial charge in [-0.15, -0.1) is 0 Å². The molecule has 0 radical (unpaired) electrons. The monoisotopic (exact) mass is 450 g/mol. The highest BCUT2D eigenvalue weighted by molar-refractivity contribution is 7.89. The van der Waals surface area contributed by atoms with Crippen LogP contribution in [0.5, 0.6) is 23.0 Å². The molecule has 2 aromatic carbocycles. The van der Waals surface area contributed by atoms with Crippen LogP contribution in [0.25, 0.3) is 0 Å². The van der Waals surface area contributed by atoms with Gasteiger partial charge in [-0.2, -0.15) is 4.31 Å². The van der Waals surface area contributed by atoms with Gasteiger partial charge in [0.2, 0.25) is 10.0 Å². The van der Waals surface area contributed by atoms with E-state index in [-0.39, 0.29) is 4.90 Å². The Bertz CT molecular complexity index is 941. The van der Waals surface area contributed by atoms with Crippen LogP contribution in [0.1, 0.15) is 6.42 Å². The molecule has 170 valence electrons. The van der Waals surface area contributed by atoms with Crippen LogP contribution in [0.15, 0.2) is 47.4 Å². The van der Waals surface area contributed by atoms with Crippen LogP contribution in [0.4, 0.5) is 0 Å². The lowest BCUT2D eigenvalue weighted by molar-refractivity contribution is 0.174. The maximum absolute atomic E-state index is 13.0. The SMILES string of the molecule is COc1ccc(OCCCN2CCN(S(=O)(=O)c3ccc(OC)c(OC)c3)CC2)cc1. The van der Waals surface area contributed by atoms with E-state index in [2.05, 4.69) is 4.90 Å². The van der Waals surface area contributed by atoms with Crippen LogP contribution in [0, 0.1) is 0 Å². The molecule has 1 heterocycles. The maximum Gasteiger partial charge on any atom is 0.243 e. The van der Waals surface area contributed by atoms with E-state index in [1.54, 1.807) is 19.2 Å². The van der Waals surface area contributed by atoms with E-state index >= 15 is 0 Å². The Morgan fingerprint density at radius 2 is 1.45 bits per heavy atom. The minimum absolute atomic E-state index is 0.214. The Balaban J connectivity index is 1.46. The summed E-state index contributed by atoms with van der Waals surface area (Å²) in [4.78, 5) is 2.48. The molecule has 8 nitrogen and oxygen atoms in total. The van der Waals surface area contributed by atoms with E-state index in [1.165, 1.54) is 24.6 Å². The summed E-state index contributed by atoms with van der Waals surface area (Å²) in [7, 11) is 1.07. The van der Waals surface area contributed by atoms with Crippen molar-refractivity contribution in [2.75, 3.05) is 60.7 Å². The third-order valence-corrected chi connectivity index (χ3v) is 7.17. The van der Waals surface area contributed by atoms with Crippen LogP contribution >= 0.6 is 0 Å². The van der Waals surface area contributed by atoms with Gasteiger partial charge in [-0.1, -0.05) is 0 Å². The maximum atomic E-state index is 13.0. The van der Waals surface area contributed by atoms with Crippen molar-refractivity contribution >= 4 is 10.0 Å². The normalized spacial score (nSPS) is 15.5. The summed E-state index contributed by atoms with van der Waals surface area (Å²) in [6, 6.07) is 12.2. The van der Waals surface area contributed by atoms with Gasteiger partial charge < -0.3 is 23.8 Å². The highest BCUT2D eigenvalue weighted by atomic mass is 32.2. The summed E-state index contributed by atoms with van der Waals surface area (Å²) in [5.41, 5.74) is 0. The molecule has 9 heteroatoms. The Hall–Kier alpha value is -2.49. The number of ether oxygens (including phenoxy) is 4. The number of hydrogen-bond acceptors (Lipinski definition) is 7. The summed E-state index contributed by atoms with van der Waals surface area (Å²) in [5.74, 6) is 2.52. The van der Waals surface area contributed by atoms with Crippen molar-refractivity contribution < 1.29 is 27.4 Å². The molecule has 1 saturated heterocycles. The fourth-order valence-electron chi connectivity index (χ4n) is 3.47. The molecule has 2 aromatic rings. The number of benzene rings is 2. The van der Waals surface area contributed by atoms with Gasteiger partial charge >= 0.3 is 0 Å². The Labute approximate surface area is 184 Å². The summed E-state index contributed by atoms with van der Waals surface area (Å²) >= 11 is 0. The standard InChI is InChI=1S/C22H30N2O6S/c1-27-18-5-7-19(8-6-18)30-16-4-11-23-12-14-24(15-13-23)31(25,26)20-9-10-21(28-2)22(17-20)29-3/h5-10,17H,4,11-16H2,1-3H3. The lowest BCUT2D eigenvalue weighted by Crippen LogP contribution is -2.48. The minimum Gasteiger partial charge on any atom is -0.497 e. The van der Waals surface area contributed by atoms with E-state index in [9.17, 15) is 8.42 Å². The molecule has 0 unspecified atom stereocenters. The third kappa shape index (κ3) is 5.81. The van der Waals surface area contributed by atoms with Crippen molar-refractivity contribution in [1.82, 2.24) is 9.21 Å². The predicted molar refractivity (Wildman–Crippen MR) is 118 cm³/mol. The first-order chi connectivity index (χ1) is 15.0. The molecule has 0 amide bonds. The Kier molecular flexibility index (Phi) is 8.00. The van der Waals surface area contributed by atoms with E-state index in [1.807, 2.05) is 24.3 Å². The van der Waals surface area contributed by atoms with E-state index in [0.717, 1.165) is 24.5 Å². The fourth-order valence-corrected chi connectivity index (χ4v) is 4.91. The molecule has 1 fully saturated rings. The zero-order chi connectivity index (χ0) is 22.3. The average molecular weight is 451 g/mol. The van der Waals surface area contributed by atoms with Crippen LogP contribution in [0.3, 0.4) is 0 Å². The van der Waals surface area contributed by atoms with Gasteiger partial charge in [-0.25, -0.2) is 8.42 Å². The quantitative estimate of drug-likeness (QED) is 0.515. The Morgan fingerprint density at radius 1 is 0.806 bits per heavy atom. The van der Waals surface area contributed by atoms with Crippen molar-refractivity contribution in [3.8, 4) is 23.0 Å². The molecular formula is C22H30N2O6S. The van der Waals surface area contributed by atoms with Gasteiger partial charge in [0, 0.05) is 38.8 Å². The zero-order valence-corrected chi connectivity index (χ0v) is 19.1. The lowest BCUT2D eigenvalue weighted by Gasteiger charge is -2.34. The van der Waals surface area contributed by atoms with Crippen LogP contribution < -0.4 is 18.9 Å². The first kappa shape index (κ1) is 23.2. The fraction of sp³-hybridized carbons (Fsp3) is 0.455. The second-order valence-electron chi connectivity index (χ2n) is 7.14. The molecule has 0 aromatic heterocycles. The largest absolute Gasteiger partial charge is 0.497 e. The van der Waals surface area contributed by atoms with Gasteiger partial charge in [-0.3, -0.25) is 0 Å². The molecule has 1 aliphatic rings. The summed E-state index contributed by atoms with van der Waals surface area (Å²) in [6.45, 7) is 3.76. The molecule has 0 atom stereocenters. The first-order valence-corrected chi connectivity index (χ1v) is 11.6. The Morgan fingerprint density at radius 3 is 2.06 bits per heavy atom. The zero-order valence-electron chi connectivity index (χ0n) is 18.2. The van der Waals surface area contributed by atoms with Crippen molar-refractivity contribution in [2.24, 2.45) is 0 Å². The predicted octanol–water partition coefficient (Wildman–Crippen LogP) is 2.49. The molecule has 0 bridgehead atoms. The van der Waals surface area contributed by atoms with Crippen LogP contribution in [-0.4, -0.2) is 78.3 Å². The number of methoxy groups -OCH3 is 3. The lowest BCUT2D eigenvalue weighted by atomic mass is 10.3. The van der Waals surface area contributed by atoms with Crippen LogP contribution in [-0.2, 0) is 10.0 Å². The number of rotatable bonds is 10. The second-order valence-corrected chi connectivity index (χ2v) is 9.08. The van der Waals surface area contributed by atoms with Crippen molar-refractivity contribution in [1.29, 1.82) is 0 Å². The average Bonchev–Trinajstić information content (AvgIpc) is 2.82.